The molecule has 3 amide bonds. The number of nitrogens with one attached hydrogen (secondary N) is 3. The minimum atomic E-state index is -1.18. The number of nitrogens with two attached hydrogens (primary N) is 3. The van der Waals surface area contributed by atoms with Crippen molar-refractivity contribution in [2.24, 2.45) is 28.1 Å². The van der Waals surface area contributed by atoms with E-state index in [1.54, 1.807) is 13.8 Å². The molecule has 0 fully saturated rings. The molecular formula is C19H37N7O5S. The summed E-state index contributed by atoms with van der Waals surface area (Å²) in [7, 11) is 0. The van der Waals surface area contributed by atoms with E-state index in [1.807, 2.05) is 6.26 Å². The van der Waals surface area contributed by atoms with Crippen LogP contribution >= 0.6 is 11.8 Å². The first kappa shape index (κ1) is 29.5. The second kappa shape index (κ2) is 15.3. The van der Waals surface area contributed by atoms with E-state index in [0.29, 0.717) is 18.6 Å². The fourth-order valence-corrected chi connectivity index (χ4v) is 3.09. The van der Waals surface area contributed by atoms with E-state index in [1.165, 1.54) is 18.7 Å². The van der Waals surface area contributed by atoms with Crippen LogP contribution in [-0.2, 0) is 19.2 Å². The predicted octanol–water partition coefficient (Wildman–Crippen LogP) is -1.66. The van der Waals surface area contributed by atoms with Crippen LogP contribution in [0.25, 0.3) is 0 Å². The van der Waals surface area contributed by atoms with Gasteiger partial charge in [0.2, 0.25) is 17.7 Å². The third-order valence-electron chi connectivity index (χ3n) is 4.47. The van der Waals surface area contributed by atoms with Gasteiger partial charge in [0.05, 0.1) is 6.04 Å². The Balaban J connectivity index is 5.48. The molecule has 4 atom stereocenters. The average molecular weight is 476 g/mol. The van der Waals surface area contributed by atoms with Crippen molar-refractivity contribution in [3.63, 3.8) is 0 Å². The summed E-state index contributed by atoms with van der Waals surface area (Å²) in [4.78, 5) is 53.0. The Hall–Kier alpha value is -2.54. The van der Waals surface area contributed by atoms with Gasteiger partial charge in [-0.2, -0.15) is 11.8 Å². The van der Waals surface area contributed by atoms with Gasteiger partial charge in [-0.05, 0) is 44.1 Å². The number of carboxylic acid groups (broad SMARTS) is 1. The van der Waals surface area contributed by atoms with Crippen molar-refractivity contribution < 1.29 is 24.3 Å². The highest BCUT2D eigenvalue weighted by molar-refractivity contribution is 7.98. The highest BCUT2D eigenvalue weighted by Gasteiger charge is 2.30. The van der Waals surface area contributed by atoms with Gasteiger partial charge in [0.15, 0.2) is 5.96 Å². The normalized spacial score (nSPS) is 14.6. The molecule has 0 heterocycles. The van der Waals surface area contributed by atoms with Gasteiger partial charge in [-0.15, -0.1) is 0 Å². The summed E-state index contributed by atoms with van der Waals surface area (Å²) in [6.07, 6.45) is 2.71. The predicted molar refractivity (Wildman–Crippen MR) is 125 cm³/mol. The third-order valence-corrected chi connectivity index (χ3v) is 5.11. The zero-order chi connectivity index (χ0) is 24.8. The number of aliphatic carboxylic acids is 1. The van der Waals surface area contributed by atoms with Gasteiger partial charge in [-0.1, -0.05) is 13.8 Å². The molecule has 0 aromatic carbocycles. The smallest absolute Gasteiger partial charge is 0.326 e. The Morgan fingerprint density at radius 1 is 0.938 bits per heavy atom. The van der Waals surface area contributed by atoms with E-state index >= 15 is 0 Å². The molecule has 12 nitrogen and oxygen atoms in total. The van der Waals surface area contributed by atoms with Crippen LogP contribution in [0.15, 0.2) is 4.99 Å². The zero-order valence-electron chi connectivity index (χ0n) is 19.1. The largest absolute Gasteiger partial charge is 0.480 e. The number of nitrogens with zero attached hydrogens (tertiary/aromatic N) is 1. The van der Waals surface area contributed by atoms with E-state index in [-0.39, 0.29) is 24.8 Å². The van der Waals surface area contributed by atoms with Crippen LogP contribution in [0.1, 0.15) is 40.0 Å². The lowest BCUT2D eigenvalue weighted by Crippen LogP contribution is -2.57. The van der Waals surface area contributed by atoms with Crippen LogP contribution in [0.3, 0.4) is 0 Å². The molecule has 0 aliphatic heterocycles. The number of carbonyl (C=O) groups is 4. The van der Waals surface area contributed by atoms with Gasteiger partial charge in [0, 0.05) is 6.54 Å². The second-order valence-corrected chi connectivity index (χ2v) is 8.70. The van der Waals surface area contributed by atoms with Crippen molar-refractivity contribution in [2.75, 3.05) is 18.6 Å². The van der Waals surface area contributed by atoms with E-state index < -0.39 is 47.9 Å². The van der Waals surface area contributed by atoms with Gasteiger partial charge in [0.25, 0.3) is 0 Å². The summed E-state index contributed by atoms with van der Waals surface area (Å²) in [5, 5.41) is 17.0. The van der Waals surface area contributed by atoms with E-state index in [9.17, 15) is 24.3 Å². The number of aliphatic imine (C=N–C) groups is 1. The monoisotopic (exact) mass is 475 g/mol. The maximum atomic E-state index is 12.9. The SMILES string of the molecule is CSCCC(NC(=O)C(C)N)C(=O)NC(CCCN=C(N)N)C(=O)NC(C(=O)O)C(C)C. The summed E-state index contributed by atoms with van der Waals surface area (Å²) < 4.78 is 0. The van der Waals surface area contributed by atoms with Crippen molar-refractivity contribution in [1.82, 2.24) is 16.0 Å². The first-order valence-corrected chi connectivity index (χ1v) is 11.7. The van der Waals surface area contributed by atoms with Gasteiger partial charge in [-0.25, -0.2) is 4.79 Å². The summed E-state index contributed by atoms with van der Waals surface area (Å²) in [6, 6.07) is -3.86. The molecule has 0 radical (unpaired) electrons. The van der Waals surface area contributed by atoms with Crippen LogP contribution in [0.5, 0.6) is 0 Å². The van der Waals surface area contributed by atoms with E-state index in [4.69, 9.17) is 17.2 Å². The van der Waals surface area contributed by atoms with Gasteiger partial charge in [0.1, 0.15) is 18.1 Å². The molecular weight excluding hydrogens is 438 g/mol. The fourth-order valence-electron chi connectivity index (χ4n) is 2.62. The van der Waals surface area contributed by atoms with Crippen LogP contribution < -0.4 is 33.2 Å². The molecule has 184 valence electrons. The standard InChI is InChI=1S/C19H37N7O5S/c1-10(2)14(18(30)31)26-17(29)12(6-5-8-23-19(21)22)25-16(28)13(7-9-32-4)24-15(27)11(3)20/h10-14H,5-9,20H2,1-4H3,(H,24,27)(H,25,28)(H,26,29)(H,30,31)(H4,21,22,23). The number of carboxylic acids is 1. The molecule has 10 N–H and O–H groups in total. The van der Waals surface area contributed by atoms with E-state index in [0.717, 1.165) is 0 Å². The zero-order valence-corrected chi connectivity index (χ0v) is 19.9. The summed E-state index contributed by atoms with van der Waals surface area (Å²) in [6.45, 7) is 5.04. The molecule has 0 aromatic rings. The molecule has 32 heavy (non-hydrogen) atoms. The minimum Gasteiger partial charge on any atom is -0.480 e. The van der Waals surface area contributed by atoms with Gasteiger partial charge < -0.3 is 38.3 Å². The van der Waals surface area contributed by atoms with Crippen molar-refractivity contribution in [1.29, 1.82) is 0 Å². The fraction of sp³-hybridized carbons (Fsp3) is 0.737. The van der Waals surface area contributed by atoms with Crippen molar-refractivity contribution in [3.05, 3.63) is 0 Å². The molecule has 0 bridgehead atoms. The number of carbonyl (C=O) groups excluding carboxylic acids is 3. The van der Waals surface area contributed by atoms with Crippen LogP contribution in [0.4, 0.5) is 0 Å². The quantitative estimate of drug-likeness (QED) is 0.0817. The van der Waals surface area contributed by atoms with E-state index in [2.05, 4.69) is 20.9 Å². The molecule has 0 rings (SSSR count). The lowest BCUT2D eigenvalue weighted by atomic mass is 10.0. The lowest BCUT2D eigenvalue weighted by Gasteiger charge is -2.25. The average Bonchev–Trinajstić information content (AvgIpc) is 2.69. The van der Waals surface area contributed by atoms with Crippen molar-refractivity contribution in [2.45, 2.75) is 64.2 Å². The summed E-state index contributed by atoms with van der Waals surface area (Å²) >= 11 is 1.50. The Morgan fingerprint density at radius 3 is 1.94 bits per heavy atom. The number of hydrogen-bond acceptors (Lipinski definition) is 7. The second-order valence-electron chi connectivity index (χ2n) is 7.71. The molecule has 13 heteroatoms. The molecule has 0 saturated heterocycles. The lowest BCUT2D eigenvalue weighted by molar-refractivity contribution is -0.143. The summed E-state index contributed by atoms with van der Waals surface area (Å²) in [5.41, 5.74) is 16.2. The van der Waals surface area contributed by atoms with Crippen LogP contribution in [0.2, 0.25) is 0 Å². The van der Waals surface area contributed by atoms with Crippen LogP contribution in [-0.4, -0.2) is 77.5 Å². The number of amides is 3. The Labute approximate surface area is 192 Å². The van der Waals surface area contributed by atoms with Gasteiger partial charge >= 0.3 is 5.97 Å². The molecule has 0 aromatic heterocycles. The van der Waals surface area contributed by atoms with Crippen LogP contribution in [0, 0.1) is 5.92 Å². The topological polar surface area (TPSA) is 215 Å². The highest BCUT2D eigenvalue weighted by Crippen LogP contribution is 2.07. The van der Waals surface area contributed by atoms with Gasteiger partial charge in [-0.3, -0.25) is 19.4 Å². The number of thioether (sulfide) groups is 1. The van der Waals surface area contributed by atoms with Crippen molar-refractivity contribution in [3.8, 4) is 0 Å². The molecule has 0 saturated carbocycles. The summed E-state index contributed by atoms with van der Waals surface area (Å²) in [5.74, 6) is -2.76. The maximum absolute atomic E-state index is 12.9. The number of rotatable bonds is 15. The number of hydrogen-bond donors (Lipinski definition) is 7. The molecule has 0 aliphatic rings. The van der Waals surface area contributed by atoms with Crippen molar-refractivity contribution >= 4 is 41.4 Å². The third kappa shape index (κ3) is 11.7. The number of guanidine groups is 1. The Morgan fingerprint density at radius 2 is 1.47 bits per heavy atom. The molecule has 0 spiro atoms. The Bertz CT molecular complexity index is 668. The molecule has 0 aliphatic carbocycles. The highest BCUT2D eigenvalue weighted by atomic mass is 32.2. The first-order chi connectivity index (χ1) is 14.9. The Kier molecular flexibility index (Phi) is 14.1. The minimum absolute atomic E-state index is 0.100. The first-order valence-electron chi connectivity index (χ1n) is 10.3. The molecule has 4 unspecified atom stereocenters. The maximum Gasteiger partial charge on any atom is 0.326 e.